The van der Waals surface area contributed by atoms with Gasteiger partial charge in [-0.2, -0.15) is 0 Å². The number of rotatable bonds is 33. The molecule has 2 rings (SSSR count). The van der Waals surface area contributed by atoms with Crippen molar-refractivity contribution < 1.29 is 29.2 Å². The van der Waals surface area contributed by atoms with Crippen LogP contribution in [0.4, 0.5) is 0 Å². The van der Waals surface area contributed by atoms with Crippen molar-refractivity contribution in [2.75, 3.05) is 39.6 Å². The van der Waals surface area contributed by atoms with Gasteiger partial charge in [-0.25, -0.2) is 0 Å². The second kappa shape index (κ2) is 29.8. The van der Waals surface area contributed by atoms with E-state index in [0.29, 0.717) is 13.2 Å². The highest BCUT2D eigenvalue weighted by Crippen LogP contribution is 2.22. The van der Waals surface area contributed by atoms with E-state index in [0.717, 1.165) is 50.0 Å². The Morgan fingerprint density at radius 1 is 0.438 bits per heavy atom. The van der Waals surface area contributed by atoms with Gasteiger partial charge in [-0.3, -0.25) is 0 Å². The Morgan fingerprint density at radius 3 is 1.21 bits per heavy atom. The highest BCUT2D eigenvalue weighted by molar-refractivity contribution is 5.34. The molecule has 274 valence electrons. The molecule has 2 aromatic rings. The van der Waals surface area contributed by atoms with Gasteiger partial charge in [-0.1, -0.05) is 140 Å². The molecule has 0 radical (unpaired) electrons. The number of hydrogen-bond donors (Lipinski definition) is 2. The fraction of sp³-hybridized carbons (Fsp3) is 0.714. The molecule has 6 heteroatoms. The monoisotopic (exact) mass is 671 g/mol. The van der Waals surface area contributed by atoms with Gasteiger partial charge in [0.25, 0.3) is 0 Å². The zero-order valence-corrected chi connectivity index (χ0v) is 30.7. The van der Waals surface area contributed by atoms with Crippen LogP contribution in [-0.2, 0) is 22.3 Å². The number of aliphatic hydroxyl groups is 2. The molecule has 0 bridgehead atoms. The molecule has 0 aliphatic carbocycles. The van der Waals surface area contributed by atoms with Crippen LogP contribution >= 0.6 is 0 Å². The van der Waals surface area contributed by atoms with E-state index in [2.05, 4.69) is 38.1 Å². The van der Waals surface area contributed by atoms with Crippen LogP contribution in [0.15, 0.2) is 48.5 Å². The van der Waals surface area contributed by atoms with Crippen molar-refractivity contribution in [3.63, 3.8) is 0 Å². The van der Waals surface area contributed by atoms with Crippen LogP contribution in [0.2, 0.25) is 0 Å². The van der Waals surface area contributed by atoms with Gasteiger partial charge in [0.05, 0.1) is 13.2 Å². The summed E-state index contributed by atoms with van der Waals surface area (Å²) in [7, 11) is 0. The molecule has 0 amide bonds. The summed E-state index contributed by atoms with van der Waals surface area (Å²) in [5.41, 5.74) is 2.45. The lowest BCUT2D eigenvalue weighted by atomic mass is 10.0. The van der Waals surface area contributed by atoms with Crippen molar-refractivity contribution in [2.45, 2.75) is 154 Å². The fourth-order valence-corrected chi connectivity index (χ4v) is 5.92. The van der Waals surface area contributed by atoms with Crippen LogP contribution in [0.5, 0.6) is 11.5 Å². The third-order valence-corrected chi connectivity index (χ3v) is 8.85. The van der Waals surface area contributed by atoms with Gasteiger partial charge in [0.1, 0.15) is 36.9 Å². The lowest BCUT2D eigenvalue weighted by molar-refractivity contribution is 0.00807. The van der Waals surface area contributed by atoms with E-state index < -0.39 is 12.2 Å². The number of hydrogen-bond acceptors (Lipinski definition) is 6. The zero-order valence-electron chi connectivity index (χ0n) is 30.7. The maximum Gasteiger partial charge on any atom is 0.122 e. The maximum absolute atomic E-state index is 10.4. The Kier molecular flexibility index (Phi) is 26.1. The van der Waals surface area contributed by atoms with Crippen LogP contribution in [0.3, 0.4) is 0 Å². The second-order valence-corrected chi connectivity index (χ2v) is 13.5. The van der Waals surface area contributed by atoms with E-state index in [1.54, 1.807) is 0 Å². The quantitative estimate of drug-likeness (QED) is 0.0736. The van der Waals surface area contributed by atoms with E-state index >= 15 is 0 Å². The highest BCUT2D eigenvalue weighted by atomic mass is 16.5. The van der Waals surface area contributed by atoms with E-state index in [-0.39, 0.29) is 26.4 Å². The lowest BCUT2D eigenvalue weighted by Gasteiger charge is -2.15. The summed E-state index contributed by atoms with van der Waals surface area (Å²) < 4.78 is 23.3. The number of para-hydroxylation sites is 2. The van der Waals surface area contributed by atoms with E-state index in [1.807, 2.05) is 24.3 Å². The van der Waals surface area contributed by atoms with Crippen molar-refractivity contribution in [1.82, 2.24) is 0 Å². The highest BCUT2D eigenvalue weighted by Gasteiger charge is 2.10. The molecule has 0 saturated heterocycles. The summed E-state index contributed by atoms with van der Waals surface area (Å²) in [6.07, 6.45) is 22.9. The minimum atomic E-state index is -0.640. The Balaban J connectivity index is 1.44. The first kappa shape index (κ1) is 42.0. The van der Waals surface area contributed by atoms with Crippen molar-refractivity contribution in [1.29, 1.82) is 0 Å². The molecule has 2 atom stereocenters. The first-order chi connectivity index (χ1) is 23.6. The van der Waals surface area contributed by atoms with Crippen LogP contribution in [0.1, 0.15) is 141 Å². The van der Waals surface area contributed by atoms with Crippen molar-refractivity contribution in [3.8, 4) is 11.5 Å². The molecule has 0 saturated carbocycles. The Hall–Kier alpha value is -2.12. The molecule has 0 aliphatic heterocycles. The number of benzene rings is 2. The van der Waals surface area contributed by atoms with Gasteiger partial charge < -0.3 is 29.2 Å². The lowest BCUT2D eigenvalue weighted by Crippen LogP contribution is -2.24. The molecular formula is C42H70O6. The van der Waals surface area contributed by atoms with Crippen LogP contribution in [-0.4, -0.2) is 62.1 Å². The molecule has 0 heterocycles. The molecule has 2 unspecified atom stereocenters. The van der Waals surface area contributed by atoms with Gasteiger partial charge in [0.15, 0.2) is 0 Å². The zero-order chi connectivity index (χ0) is 34.3. The number of aliphatic hydroxyl groups excluding tert-OH is 2. The molecule has 0 spiro atoms. The summed E-state index contributed by atoms with van der Waals surface area (Å²) in [4.78, 5) is 0. The Labute approximate surface area is 293 Å². The SMILES string of the molecule is CCCCCCCCCc1ccccc1OCC(O)COCCCCCCOCC(O)COc1ccccc1CCCCCCCCC. The largest absolute Gasteiger partial charge is 0.491 e. The number of unbranched alkanes of at least 4 members (excludes halogenated alkanes) is 15. The van der Waals surface area contributed by atoms with E-state index in [4.69, 9.17) is 18.9 Å². The van der Waals surface area contributed by atoms with Gasteiger partial charge in [-0.05, 0) is 61.8 Å². The first-order valence-electron chi connectivity index (χ1n) is 19.6. The molecule has 0 aliphatic rings. The first-order valence-corrected chi connectivity index (χ1v) is 19.6. The molecule has 0 aromatic heterocycles. The summed E-state index contributed by atoms with van der Waals surface area (Å²) >= 11 is 0. The summed E-state index contributed by atoms with van der Waals surface area (Å²) in [5, 5.41) is 20.7. The van der Waals surface area contributed by atoms with Gasteiger partial charge in [0.2, 0.25) is 0 Å². The third kappa shape index (κ3) is 21.8. The van der Waals surface area contributed by atoms with Gasteiger partial charge >= 0.3 is 0 Å². The van der Waals surface area contributed by atoms with Crippen LogP contribution < -0.4 is 9.47 Å². The topological polar surface area (TPSA) is 77.4 Å². The molecule has 6 nitrogen and oxygen atoms in total. The van der Waals surface area contributed by atoms with Crippen molar-refractivity contribution in [3.05, 3.63) is 59.7 Å². The summed E-state index contributed by atoms with van der Waals surface area (Å²) in [6, 6.07) is 16.4. The smallest absolute Gasteiger partial charge is 0.122 e. The standard InChI is InChI=1S/C42H70O6/c1-3-5-7-9-11-13-17-25-37-27-19-21-29-41(37)47-35-39(43)33-45-31-23-15-16-24-32-46-34-40(44)36-48-42-30-22-20-28-38(42)26-18-14-12-10-8-6-4-2/h19-22,27-30,39-40,43-44H,3-18,23-26,31-36H2,1-2H3. The van der Waals surface area contributed by atoms with Crippen molar-refractivity contribution in [2.24, 2.45) is 0 Å². The third-order valence-electron chi connectivity index (χ3n) is 8.85. The van der Waals surface area contributed by atoms with E-state index in [9.17, 15) is 10.2 Å². The minimum Gasteiger partial charge on any atom is -0.491 e. The molecule has 48 heavy (non-hydrogen) atoms. The number of aryl methyl sites for hydroxylation is 2. The maximum atomic E-state index is 10.4. The molecule has 2 N–H and O–H groups in total. The Morgan fingerprint density at radius 2 is 0.792 bits per heavy atom. The average molecular weight is 671 g/mol. The summed E-state index contributed by atoms with van der Waals surface area (Å²) in [5.74, 6) is 1.76. The fourth-order valence-electron chi connectivity index (χ4n) is 5.92. The molecule has 0 fully saturated rings. The molecular weight excluding hydrogens is 600 g/mol. The van der Waals surface area contributed by atoms with Crippen LogP contribution in [0.25, 0.3) is 0 Å². The molecule has 2 aromatic carbocycles. The second-order valence-electron chi connectivity index (χ2n) is 13.5. The van der Waals surface area contributed by atoms with Gasteiger partial charge in [-0.15, -0.1) is 0 Å². The van der Waals surface area contributed by atoms with Gasteiger partial charge in [0, 0.05) is 13.2 Å². The number of ether oxygens (including phenoxy) is 4. The normalized spacial score (nSPS) is 12.7. The Bertz CT molecular complexity index is 918. The predicted octanol–water partition coefficient (Wildman–Crippen LogP) is 10.0. The predicted molar refractivity (Wildman–Crippen MR) is 199 cm³/mol. The minimum absolute atomic E-state index is 0.244. The van der Waals surface area contributed by atoms with Crippen molar-refractivity contribution >= 4 is 0 Å². The summed E-state index contributed by atoms with van der Waals surface area (Å²) in [6.45, 7) is 6.82. The average Bonchev–Trinajstić information content (AvgIpc) is 3.10. The van der Waals surface area contributed by atoms with Crippen LogP contribution in [0, 0.1) is 0 Å². The van der Waals surface area contributed by atoms with E-state index in [1.165, 1.54) is 101 Å².